The van der Waals surface area contributed by atoms with Crippen molar-refractivity contribution in [3.63, 3.8) is 0 Å². The Labute approximate surface area is 506 Å². The smallest absolute Gasteiger partial charge is 0.306 e. The van der Waals surface area contributed by atoms with Crippen LogP contribution in [-0.2, 0) is 28.6 Å². The lowest BCUT2D eigenvalue weighted by atomic mass is 10.1. The van der Waals surface area contributed by atoms with Crippen LogP contribution in [-0.4, -0.2) is 37.2 Å². The lowest BCUT2D eigenvalue weighted by Crippen LogP contribution is -2.30. The number of rotatable bonds is 60. The number of ether oxygens (including phenoxy) is 3. The highest BCUT2D eigenvalue weighted by atomic mass is 16.6. The second-order valence-electron chi connectivity index (χ2n) is 22.0. The molecule has 0 aliphatic carbocycles. The molecule has 0 bridgehead atoms. The molecule has 0 radical (unpaired) electrons. The van der Waals surface area contributed by atoms with Crippen molar-refractivity contribution < 1.29 is 28.6 Å². The van der Waals surface area contributed by atoms with E-state index < -0.39 is 6.10 Å². The average molecular weight is 1130 g/mol. The summed E-state index contributed by atoms with van der Waals surface area (Å²) in [5.41, 5.74) is 0. The predicted octanol–water partition coefficient (Wildman–Crippen LogP) is 23.5. The van der Waals surface area contributed by atoms with E-state index in [9.17, 15) is 14.4 Å². The van der Waals surface area contributed by atoms with Gasteiger partial charge in [0, 0.05) is 19.3 Å². The van der Waals surface area contributed by atoms with E-state index in [0.717, 1.165) is 148 Å². The normalized spacial score (nSPS) is 13.1. The molecule has 0 saturated heterocycles. The third kappa shape index (κ3) is 66.1. The number of unbranched alkanes of at least 4 members (excludes halogenated alkanes) is 25. The highest BCUT2D eigenvalue weighted by molar-refractivity contribution is 5.71. The SMILES string of the molecule is CC/C=C\C/C=C\C/C=C\C/C=C\C/C=C\C/C=C\CCCCCCCCCCCCC(=O)OCC(COC(=O)CCCCCCCCCCCC)OC(=O)CCCCCCCC/C=C\C/C=C\C/C=C\C/C=C\C/C=C\C/C=C\CC. The van der Waals surface area contributed by atoms with Crippen molar-refractivity contribution in [2.75, 3.05) is 13.2 Å². The summed E-state index contributed by atoms with van der Waals surface area (Å²) in [6, 6.07) is 0. The monoisotopic (exact) mass is 1130 g/mol. The Morgan fingerprint density at radius 2 is 0.476 bits per heavy atom. The van der Waals surface area contributed by atoms with E-state index in [1.54, 1.807) is 0 Å². The fraction of sp³-hybridized carbons (Fsp3) is 0.645. The second kappa shape index (κ2) is 68.8. The Kier molecular flexibility index (Phi) is 64.8. The Balaban J connectivity index is 4.29. The van der Waals surface area contributed by atoms with Gasteiger partial charge in [0.05, 0.1) is 0 Å². The molecule has 0 aromatic rings. The second-order valence-corrected chi connectivity index (χ2v) is 22.0. The molecule has 82 heavy (non-hydrogen) atoms. The maximum atomic E-state index is 12.9. The van der Waals surface area contributed by atoms with Crippen molar-refractivity contribution >= 4 is 17.9 Å². The Morgan fingerprint density at radius 1 is 0.256 bits per heavy atom. The molecule has 0 aliphatic heterocycles. The summed E-state index contributed by atoms with van der Waals surface area (Å²) in [5.74, 6) is -0.905. The third-order valence-electron chi connectivity index (χ3n) is 14.1. The van der Waals surface area contributed by atoms with E-state index in [0.29, 0.717) is 19.3 Å². The number of esters is 3. The van der Waals surface area contributed by atoms with Crippen molar-refractivity contribution in [3.05, 3.63) is 146 Å². The van der Waals surface area contributed by atoms with Gasteiger partial charge in [0.1, 0.15) is 13.2 Å². The number of hydrogen-bond acceptors (Lipinski definition) is 6. The quantitative estimate of drug-likeness (QED) is 0.0261. The molecule has 0 heterocycles. The van der Waals surface area contributed by atoms with E-state index in [2.05, 4.69) is 167 Å². The van der Waals surface area contributed by atoms with Gasteiger partial charge in [-0.05, 0) is 122 Å². The van der Waals surface area contributed by atoms with Crippen LogP contribution in [0.1, 0.15) is 297 Å². The lowest BCUT2D eigenvalue weighted by molar-refractivity contribution is -0.167. The molecule has 0 aliphatic rings. The molecule has 1 atom stereocenters. The highest BCUT2D eigenvalue weighted by Crippen LogP contribution is 2.16. The van der Waals surface area contributed by atoms with E-state index in [4.69, 9.17) is 14.2 Å². The summed E-state index contributed by atoms with van der Waals surface area (Å²) in [7, 11) is 0. The highest BCUT2D eigenvalue weighted by Gasteiger charge is 2.19. The minimum Gasteiger partial charge on any atom is -0.462 e. The summed E-state index contributed by atoms with van der Waals surface area (Å²) < 4.78 is 16.9. The summed E-state index contributed by atoms with van der Waals surface area (Å²) in [6.07, 6.45) is 98.6. The maximum absolute atomic E-state index is 12.9. The molecule has 0 amide bonds. The van der Waals surface area contributed by atoms with Crippen molar-refractivity contribution in [1.82, 2.24) is 0 Å². The van der Waals surface area contributed by atoms with Gasteiger partial charge in [-0.3, -0.25) is 14.4 Å². The molecule has 0 rings (SSSR count). The molecule has 0 N–H and O–H groups in total. The van der Waals surface area contributed by atoms with E-state index in [1.165, 1.54) is 109 Å². The number of carbonyl (C=O) groups excluding carboxylic acids is 3. The zero-order chi connectivity index (χ0) is 59.2. The first-order chi connectivity index (χ1) is 40.5. The van der Waals surface area contributed by atoms with Crippen LogP contribution in [0.25, 0.3) is 0 Å². The van der Waals surface area contributed by atoms with Crippen molar-refractivity contribution in [2.24, 2.45) is 0 Å². The molecule has 6 heteroatoms. The van der Waals surface area contributed by atoms with Crippen LogP contribution in [0.2, 0.25) is 0 Å². The van der Waals surface area contributed by atoms with Crippen molar-refractivity contribution in [3.8, 4) is 0 Å². The molecular weight excluding hydrogens is 1010 g/mol. The molecule has 0 aromatic carbocycles. The zero-order valence-electron chi connectivity index (χ0n) is 53.2. The summed E-state index contributed by atoms with van der Waals surface area (Å²) >= 11 is 0. The summed E-state index contributed by atoms with van der Waals surface area (Å²) in [4.78, 5) is 38.3. The number of hydrogen-bond donors (Lipinski definition) is 0. The summed E-state index contributed by atoms with van der Waals surface area (Å²) in [6.45, 7) is 6.39. The molecule has 6 nitrogen and oxygen atoms in total. The molecule has 0 aromatic heterocycles. The maximum Gasteiger partial charge on any atom is 0.306 e. The summed E-state index contributed by atoms with van der Waals surface area (Å²) in [5, 5.41) is 0. The van der Waals surface area contributed by atoms with Crippen LogP contribution in [0.5, 0.6) is 0 Å². The van der Waals surface area contributed by atoms with Crippen LogP contribution in [0.3, 0.4) is 0 Å². The van der Waals surface area contributed by atoms with Gasteiger partial charge in [-0.2, -0.15) is 0 Å². The van der Waals surface area contributed by atoms with Crippen molar-refractivity contribution in [1.29, 1.82) is 0 Å². The van der Waals surface area contributed by atoms with Gasteiger partial charge in [0.2, 0.25) is 0 Å². The molecular formula is C76H124O6. The average Bonchev–Trinajstić information content (AvgIpc) is 3.48. The third-order valence-corrected chi connectivity index (χ3v) is 14.1. The van der Waals surface area contributed by atoms with Gasteiger partial charge in [-0.25, -0.2) is 0 Å². The molecule has 0 fully saturated rings. The van der Waals surface area contributed by atoms with Crippen LogP contribution in [0.4, 0.5) is 0 Å². The topological polar surface area (TPSA) is 78.9 Å². The van der Waals surface area contributed by atoms with Gasteiger partial charge in [-0.15, -0.1) is 0 Å². The van der Waals surface area contributed by atoms with Crippen LogP contribution in [0.15, 0.2) is 146 Å². The van der Waals surface area contributed by atoms with E-state index >= 15 is 0 Å². The molecule has 1 unspecified atom stereocenters. The molecule has 0 spiro atoms. The van der Waals surface area contributed by atoms with Gasteiger partial charge in [0.15, 0.2) is 6.10 Å². The largest absolute Gasteiger partial charge is 0.462 e. The first-order valence-corrected chi connectivity index (χ1v) is 33.8. The fourth-order valence-electron chi connectivity index (χ4n) is 9.10. The van der Waals surface area contributed by atoms with E-state index in [-0.39, 0.29) is 31.1 Å². The first-order valence-electron chi connectivity index (χ1n) is 33.8. The fourth-order valence-corrected chi connectivity index (χ4v) is 9.10. The number of carbonyl (C=O) groups is 3. The van der Waals surface area contributed by atoms with Crippen molar-refractivity contribution in [2.45, 2.75) is 303 Å². The van der Waals surface area contributed by atoms with Gasteiger partial charge in [-0.1, -0.05) is 301 Å². The van der Waals surface area contributed by atoms with Crippen LogP contribution >= 0.6 is 0 Å². The standard InChI is InChI=1S/C76H124O6/c1-4-7-10-13-16-19-22-24-26-28-30-32-34-36-37-38-39-41-42-44-46-48-50-52-54-57-60-63-66-69-75(78)81-72-73(71-80-74(77)68-65-62-59-56-21-18-15-12-9-6-3)82-76(79)70-67-64-61-58-55-53-51-49-47-45-43-40-35-33-31-29-27-25-23-20-17-14-11-8-5-2/h7-8,10-11,16-17,19-20,24-27,30-33,36-37,39-41,43,47,49,73H,4-6,9,12-15,18,21-23,28-29,34-35,38,42,44-46,48,50-72H2,1-3H3/b10-7-,11-8-,19-16-,20-17-,26-24-,27-25-,32-30-,33-31-,37-36-,41-39-,43-40-,49-47-. The van der Waals surface area contributed by atoms with Gasteiger partial charge >= 0.3 is 17.9 Å². The van der Waals surface area contributed by atoms with Gasteiger partial charge in [0.25, 0.3) is 0 Å². The van der Waals surface area contributed by atoms with Crippen LogP contribution in [0, 0.1) is 0 Å². The first kappa shape index (κ1) is 77.3. The minimum absolute atomic E-state index is 0.0874. The number of allylic oxidation sites excluding steroid dienone is 24. The van der Waals surface area contributed by atoms with Crippen LogP contribution < -0.4 is 0 Å². The minimum atomic E-state index is -0.793. The van der Waals surface area contributed by atoms with Gasteiger partial charge < -0.3 is 14.2 Å². The zero-order valence-corrected chi connectivity index (χ0v) is 53.2. The molecule has 0 saturated carbocycles. The lowest BCUT2D eigenvalue weighted by Gasteiger charge is -2.18. The molecule has 464 valence electrons. The Hall–Kier alpha value is -4.71. The van der Waals surface area contributed by atoms with E-state index in [1.807, 2.05) is 0 Å². The predicted molar refractivity (Wildman–Crippen MR) is 357 cm³/mol. The Morgan fingerprint density at radius 3 is 0.744 bits per heavy atom. The Bertz CT molecular complexity index is 1780.